The van der Waals surface area contributed by atoms with Crippen LogP contribution in [0, 0.1) is 18.7 Å². The highest BCUT2D eigenvalue weighted by atomic mass is 19.1. The van der Waals surface area contributed by atoms with Crippen molar-refractivity contribution in [1.82, 2.24) is 5.32 Å². The average molecular weight is 267 g/mol. The quantitative estimate of drug-likeness (QED) is 0.772. The highest BCUT2D eigenvalue weighted by Gasteiger charge is 2.16. The molecule has 0 aliphatic rings. The van der Waals surface area contributed by atoms with Crippen LogP contribution in [0.2, 0.25) is 0 Å². The van der Waals surface area contributed by atoms with E-state index in [1.807, 2.05) is 13.0 Å². The minimum Gasteiger partial charge on any atom is -0.384 e. The number of hydrogen-bond acceptors (Lipinski definition) is 2. The van der Waals surface area contributed by atoms with Gasteiger partial charge in [0.25, 0.3) is 0 Å². The smallest absolute Gasteiger partial charge is 0.123 e. The summed E-state index contributed by atoms with van der Waals surface area (Å²) in [6.45, 7) is 8.04. The van der Waals surface area contributed by atoms with E-state index in [1.54, 1.807) is 19.2 Å². The van der Waals surface area contributed by atoms with E-state index in [-0.39, 0.29) is 11.9 Å². The molecule has 0 spiro atoms. The molecular weight excluding hydrogens is 241 g/mol. The zero-order valence-corrected chi connectivity index (χ0v) is 12.5. The minimum atomic E-state index is -0.166. The summed E-state index contributed by atoms with van der Waals surface area (Å²) in [5, 5.41) is 3.56. The van der Waals surface area contributed by atoms with Gasteiger partial charge in [-0.3, -0.25) is 0 Å². The van der Waals surface area contributed by atoms with Crippen LogP contribution in [0.4, 0.5) is 4.39 Å². The van der Waals surface area contributed by atoms with Crippen molar-refractivity contribution < 1.29 is 9.13 Å². The van der Waals surface area contributed by atoms with Gasteiger partial charge in [-0.2, -0.15) is 0 Å². The monoisotopic (exact) mass is 267 g/mol. The summed E-state index contributed by atoms with van der Waals surface area (Å²) in [4.78, 5) is 0. The predicted octanol–water partition coefficient (Wildman–Crippen LogP) is 3.85. The van der Waals surface area contributed by atoms with Crippen molar-refractivity contribution >= 4 is 0 Å². The van der Waals surface area contributed by atoms with Gasteiger partial charge in [0.15, 0.2) is 0 Å². The van der Waals surface area contributed by atoms with Crippen molar-refractivity contribution in [2.75, 3.05) is 20.3 Å². The van der Waals surface area contributed by atoms with Gasteiger partial charge in [0, 0.05) is 19.8 Å². The van der Waals surface area contributed by atoms with Crippen LogP contribution in [-0.2, 0) is 4.74 Å². The number of nitrogens with one attached hydrogen (secondary N) is 1. The number of methoxy groups -OCH3 is 1. The van der Waals surface area contributed by atoms with Crippen LogP contribution in [-0.4, -0.2) is 20.3 Å². The summed E-state index contributed by atoms with van der Waals surface area (Å²) < 4.78 is 18.4. The number of rotatable bonds is 8. The normalized spacial score (nSPS) is 14.4. The third-order valence-corrected chi connectivity index (χ3v) is 3.34. The molecule has 0 aliphatic carbocycles. The van der Waals surface area contributed by atoms with E-state index in [4.69, 9.17) is 4.74 Å². The zero-order valence-electron chi connectivity index (χ0n) is 12.5. The molecule has 1 N–H and O–H groups in total. The highest BCUT2D eigenvalue weighted by molar-refractivity contribution is 5.29. The Hall–Kier alpha value is -0.930. The molecular formula is C16H26FNO. The molecule has 0 radical (unpaired) electrons. The van der Waals surface area contributed by atoms with Crippen molar-refractivity contribution in [3.63, 3.8) is 0 Å². The molecule has 0 saturated carbocycles. The lowest BCUT2D eigenvalue weighted by Gasteiger charge is -2.24. The lowest BCUT2D eigenvalue weighted by molar-refractivity contribution is 0.149. The molecule has 2 unspecified atom stereocenters. The molecule has 1 aromatic rings. The number of aryl methyl sites for hydroxylation is 1. The Kier molecular flexibility index (Phi) is 7.03. The Morgan fingerprint density at radius 3 is 2.68 bits per heavy atom. The molecule has 1 rings (SSSR count). The SMILES string of the molecule is CCCNC(CC(C)COC)c1ccc(F)cc1C. The van der Waals surface area contributed by atoms with Crippen LogP contribution in [0.3, 0.4) is 0 Å². The highest BCUT2D eigenvalue weighted by Crippen LogP contribution is 2.25. The van der Waals surface area contributed by atoms with Gasteiger partial charge in [0.2, 0.25) is 0 Å². The fourth-order valence-corrected chi connectivity index (χ4v) is 2.42. The lowest BCUT2D eigenvalue weighted by Crippen LogP contribution is -2.25. The molecule has 0 heterocycles. The number of benzene rings is 1. The van der Waals surface area contributed by atoms with Crippen LogP contribution >= 0.6 is 0 Å². The molecule has 3 heteroatoms. The second kappa shape index (κ2) is 8.28. The second-order valence-electron chi connectivity index (χ2n) is 5.30. The molecule has 19 heavy (non-hydrogen) atoms. The van der Waals surface area contributed by atoms with Gasteiger partial charge in [0.1, 0.15) is 5.82 Å². The first-order valence-electron chi connectivity index (χ1n) is 7.06. The number of hydrogen-bond donors (Lipinski definition) is 1. The van der Waals surface area contributed by atoms with Crippen LogP contribution in [0.25, 0.3) is 0 Å². The van der Waals surface area contributed by atoms with Gasteiger partial charge >= 0.3 is 0 Å². The largest absolute Gasteiger partial charge is 0.384 e. The summed E-state index contributed by atoms with van der Waals surface area (Å²) >= 11 is 0. The molecule has 0 fully saturated rings. The summed E-state index contributed by atoms with van der Waals surface area (Å²) in [5.74, 6) is 0.309. The molecule has 0 saturated heterocycles. The maximum Gasteiger partial charge on any atom is 0.123 e. The molecule has 0 aromatic heterocycles. The maximum absolute atomic E-state index is 13.2. The van der Waals surface area contributed by atoms with E-state index in [9.17, 15) is 4.39 Å². The molecule has 1 aromatic carbocycles. The van der Waals surface area contributed by atoms with Gasteiger partial charge in [-0.25, -0.2) is 4.39 Å². The van der Waals surface area contributed by atoms with Gasteiger partial charge in [-0.1, -0.05) is 19.9 Å². The Morgan fingerprint density at radius 2 is 2.11 bits per heavy atom. The number of ether oxygens (including phenoxy) is 1. The van der Waals surface area contributed by atoms with Crippen LogP contribution < -0.4 is 5.32 Å². The van der Waals surface area contributed by atoms with Gasteiger partial charge in [-0.05, 0) is 55.5 Å². The lowest BCUT2D eigenvalue weighted by atomic mass is 9.93. The van der Waals surface area contributed by atoms with Crippen molar-refractivity contribution in [3.8, 4) is 0 Å². The second-order valence-corrected chi connectivity index (χ2v) is 5.30. The zero-order chi connectivity index (χ0) is 14.3. The summed E-state index contributed by atoms with van der Waals surface area (Å²) in [5.41, 5.74) is 2.20. The minimum absolute atomic E-state index is 0.166. The van der Waals surface area contributed by atoms with E-state index >= 15 is 0 Å². The fraction of sp³-hybridized carbons (Fsp3) is 0.625. The van der Waals surface area contributed by atoms with E-state index < -0.39 is 0 Å². The van der Waals surface area contributed by atoms with Crippen LogP contribution in [0.5, 0.6) is 0 Å². The molecule has 2 atom stereocenters. The van der Waals surface area contributed by atoms with E-state index in [1.165, 1.54) is 5.56 Å². The third-order valence-electron chi connectivity index (χ3n) is 3.34. The Balaban J connectivity index is 2.82. The van der Waals surface area contributed by atoms with Crippen molar-refractivity contribution in [1.29, 1.82) is 0 Å². The Labute approximate surface area is 116 Å². The van der Waals surface area contributed by atoms with E-state index in [0.29, 0.717) is 5.92 Å². The number of halogens is 1. The van der Waals surface area contributed by atoms with E-state index in [2.05, 4.69) is 19.2 Å². The summed E-state index contributed by atoms with van der Waals surface area (Å²) in [6.07, 6.45) is 2.09. The van der Waals surface area contributed by atoms with Gasteiger partial charge in [0.05, 0.1) is 0 Å². The first-order valence-corrected chi connectivity index (χ1v) is 7.06. The van der Waals surface area contributed by atoms with Crippen LogP contribution in [0.15, 0.2) is 18.2 Å². The van der Waals surface area contributed by atoms with E-state index in [0.717, 1.165) is 31.6 Å². The molecule has 0 bridgehead atoms. The Bertz CT molecular complexity index is 381. The first-order chi connectivity index (χ1) is 9.08. The van der Waals surface area contributed by atoms with Crippen molar-refractivity contribution in [2.45, 2.75) is 39.7 Å². The van der Waals surface area contributed by atoms with Crippen molar-refractivity contribution in [2.24, 2.45) is 5.92 Å². The molecule has 2 nitrogen and oxygen atoms in total. The van der Waals surface area contributed by atoms with Gasteiger partial charge < -0.3 is 10.1 Å². The maximum atomic E-state index is 13.2. The first kappa shape index (κ1) is 16.1. The standard InChI is InChI=1S/C16H26FNO/c1-5-8-18-16(9-12(2)11-19-4)15-7-6-14(17)10-13(15)3/h6-7,10,12,16,18H,5,8-9,11H2,1-4H3. The van der Waals surface area contributed by atoms with Gasteiger partial charge in [-0.15, -0.1) is 0 Å². The molecule has 108 valence electrons. The van der Waals surface area contributed by atoms with Crippen molar-refractivity contribution in [3.05, 3.63) is 35.1 Å². The summed E-state index contributed by atoms with van der Waals surface area (Å²) in [7, 11) is 1.73. The van der Waals surface area contributed by atoms with Crippen LogP contribution in [0.1, 0.15) is 43.9 Å². The predicted molar refractivity (Wildman–Crippen MR) is 77.8 cm³/mol. The molecule has 0 amide bonds. The summed E-state index contributed by atoms with van der Waals surface area (Å²) in [6, 6.07) is 5.32. The molecule has 0 aliphatic heterocycles. The topological polar surface area (TPSA) is 21.3 Å². The average Bonchev–Trinajstić information content (AvgIpc) is 2.35. The third kappa shape index (κ3) is 5.29. The fourth-order valence-electron chi connectivity index (χ4n) is 2.42. The Morgan fingerprint density at radius 1 is 1.37 bits per heavy atom.